The van der Waals surface area contributed by atoms with Crippen molar-refractivity contribution in [1.82, 2.24) is 15.3 Å². The number of ketones is 1. The zero-order valence-electron chi connectivity index (χ0n) is 18.0. The van der Waals surface area contributed by atoms with E-state index in [1.165, 1.54) is 0 Å². The van der Waals surface area contributed by atoms with Gasteiger partial charge in [0.25, 0.3) is 0 Å². The van der Waals surface area contributed by atoms with Crippen LogP contribution in [0, 0.1) is 5.92 Å². The highest BCUT2D eigenvalue weighted by Gasteiger charge is 2.33. The second kappa shape index (κ2) is 8.74. The van der Waals surface area contributed by atoms with Crippen LogP contribution in [0.5, 0.6) is 0 Å². The van der Waals surface area contributed by atoms with E-state index in [9.17, 15) is 14.4 Å². The Morgan fingerprint density at radius 1 is 1.09 bits per heavy atom. The number of para-hydroxylation sites is 1. The molecule has 0 spiro atoms. The molecule has 1 aliphatic rings. The van der Waals surface area contributed by atoms with E-state index in [1.54, 1.807) is 12.1 Å². The van der Waals surface area contributed by atoms with Crippen LogP contribution in [0.4, 0.5) is 5.82 Å². The Kier molecular flexibility index (Phi) is 5.85. The maximum atomic E-state index is 12.8. The van der Waals surface area contributed by atoms with Crippen LogP contribution in [-0.4, -0.2) is 33.6 Å². The van der Waals surface area contributed by atoms with Crippen molar-refractivity contribution in [2.75, 3.05) is 5.32 Å². The van der Waals surface area contributed by atoms with Gasteiger partial charge in [-0.1, -0.05) is 50.2 Å². The first-order chi connectivity index (χ1) is 15.3. The summed E-state index contributed by atoms with van der Waals surface area (Å²) in [6.45, 7) is 3.88. The van der Waals surface area contributed by atoms with Gasteiger partial charge in [0.1, 0.15) is 11.9 Å². The van der Waals surface area contributed by atoms with Crippen LogP contribution in [0.1, 0.15) is 47.9 Å². The Balaban J connectivity index is 1.57. The lowest BCUT2D eigenvalue weighted by atomic mass is 10.0. The molecule has 0 radical (unpaired) electrons. The van der Waals surface area contributed by atoms with Gasteiger partial charge in [0.15, 0.2) is 11.6 Å². The quantitative estimate of drug-likeness (QED) is 0.528. The normalized spacial score (nSPS) is 16.1. The molecular formula is C24H25N5O3. The molecule has 1 heterocycles. The molecule has 1 aliphatic carbocycles. The third kappa shape index (κ3) is 4.16. The maximum absolute atomic E-state index is 12.8. The molecule has 0 aliphatic heterocycles. The van der Waals surface area contributed by atoms with Crippen LogP contribution in [0.15, 0.2) is 48.5 Å². The number of benzene rings is 2. The Morgan fingerprint density at radius 2 is 1.81 bits per heavy atom. The van der Waals surface area contributed by atoms with E-state index in [-0.39, 0.29) is 30.6 Å². The lowest BCUT2D eigenvalue weighted by Gasteiger charge is -2.21. The molecule has 0 saturated heterocycles. The van der Waals surface area contributed by atoms with Crippen LogP contribution >= 0.6 is 0 Å². The number of Topliss-reactive ketones (excluding diaryl/α,β-unsaturated/α-hetero) is 1. The SMILES string of the molecule is CC(C)[C@H](Nc1nc(CNC(=O)C2CC(=O)c3ccccc32)nc2ccccc12)C(N)=O. The van der Waals surface area contributed by atoms with E-state index in [1.807, 2.05) is 50.2 Å². The third-order valence-electron chi connectivity index (χ3n) is 5.68. The van der Waals surface area contributed by atoms with Gasteiger partial charge in [0.05, 0.1) is 18.0 Å². The van der Waals surface area contributed by atoms with E-state index in [0.29, 0.717) is 22.7 Å². The summed E-state index contributed by atoms with van der Waals surface area (Å²) >= 11 is 0. The number of primary amides is 1. The fraction of sp³-hybridized carbons (Fsp3) is 0.292. The molecule has 1 aromatic heterocycles. The van der Waals surface area contributed by atoms with Gasteiger partial charge in [0.2, 0.25) is 11.8 Å². The summed E-state index contributed by atoms with van der Waals surface area (Å²) in [5, 5.41) is 6.75. The number of rotatable bonds is 7. The van der Waals surface area contributed by atoms with Gasteiger partial charge < -0.3 is 16.4 Å². The van der Waals surface area contributed by atoms with Gasteiger partial charge in [-0.2, -0.15) is 0 Å². The van der Waals surface area contributed by atoms with Gasteiger partial charge >= 0.3 is 0 Å². The number of fused-ring (bicyclic) bond motifs is 2. The molecule has 32 heavy (non-hydrogen) atoms. The predicted molar refractivity (Wildman–Crippen MR) is 121 cm³/mol. The number of nitrogens with two attached hydrogens (primary N) is 1. The average Bonchev–Trinajstić information content (AvgIpc) is 3.12. The predicted octanol–water partition coefficient (Wildman–Crippen LogP) is 2.54. The first kappa shape index (κ1) is 21.4. The van der Waals surface area contributed by atoms with E-state index in [0.717, 1.165) is 10.9 Å². The Labute approximate surface area is 185 Å². The molecule has 0 saturated carbocycles. The second-order valence-electron chi connectivity index (χ2n) is 8.26. The van der Waals surface area contributed by atoms with Crippen LogP contribution < -0.4 is 16.4 Å². The Hall–Kier alpha value is -3.81. The minimum atomic E-state index is -0.600. The van der Waals surface area contributed by atoms with Crippen molar-refractivity contribution in [1.29, 1.82) is 0 Å². The van der Waals surface area contributed by atoms with Gasteiger partial charge in [-0.3, -0.25) is 14.4 Å². The minimum absolute atomic E-state index is 0.0274. The number of hydrogen-bond donors (Lipinski definition) is 3. The number of anilines is 1. The minimum Gasteiger partial charge on any atom is -0.368 e. The number of hydrogen-bond acceptors (Lipinski definition) is 6. The topological polar surface area (TPSA) is 127 Å². The van der Waals surface area contributed by atoms with E-state index in [4.69, 9.17) is 5.73 Å². The highest BCUT2D eigenvalue weighted by Crippen LogP contribution is 2.33. The molecule has 164 valence electrons. The smallest absolute Gasteiger partial charge is 0.240 e. The number of carbonyl (C=O) groups is 3. The molecule has 3 aromatic rings. The summed E-state index contributed by atoms with van der Waals surface area (Å²) in [7, 11) is 0. The van der Waals surface area contributed by atoms with Crippen molar-refractivity contribution in [3.63, 3.8) is 0 Å². The van der Waals surface area contributed by atoms with Gasteiger partial charge in [-0.05, 0) is 23.6 Å². The van der Waals surface area contributed by atoms with Gasteiger partial charge in [-0.15, -0.1) is 0 Å². The summed E-state index contributed by atoms with van der Waals surface area (Å²) in [6.07, 6.45) is 0.158. The molecule has 4 N–H and O–H groups in total. The van der Waals surface area contributed by atoms with Crippen molar-refractivity contribution < 1.29 is 14.4 Å². The van der Waals surface area contributed by atoms with Gasteiger partial charge in [0, 0.05) is 17.4 Å². The summed E-state index contributed by atoms with van der Waals surface area (Å²) in [5.41, 5.74) is 7.59. The summed E-state index contributed by atoms with van der Waals surface area (Å²) < 4.78 is 0. The van der Waals surface area contributed by atoms with Crippen molar-refractivity contribution in [3.8, 4) is 0 Å². The summed E-state index contributed by atoms with van der Waals surface area (Å²) in [4.78, 5) is 46.0. The highest BCUT2D eigenvalue weighted by atomic mass is 16.2. The number of amides is 2. The highest BCUT2D eigenvalue weighted by molar-refractivity contribution is 6.06. The molecule has 0 bridgehead atoms. The molecule has 4 rings (SSSR count). The molecule has 0 fully saturated rings. The zero-order chi connectivity index (χ0) is 22.8. The molecule has 8 nitrogen and oxygen atoms in total. The van der Waals surface area contributed by atoms with Crippen molar-refractivity contribution in [2.24, 2.45) is 11.7 Å². The monoisotopic (exact) mass is 431 g/mol. The Bertz CT molecular complexity index is 1210. The van der Waals surface area contributed by atoms with Crippen LogP contribution in [0.25, 0.3) is 10.9 Å². The number of nitrogens with one attached hydrogen (secondary N) is 2. The van der Waals surface area contributed by atoms with Crippen LogP contribution in [-0.2, 0) is 16.1 Å². The van der Waals surface area contributed by atoms with Crippen LogP contribution in [0.2, 0.25) is 0 Å². The van der Waals surface area contributed by atoms with Crippen molar-refractivity contribution in [2.45, 2.75) is 38.8 Å². The maximum Gasteiger partial charge on any atom is 0.240 e. The first-order valence-electron chi connectivity index (χ1n) is 10.6. The van der Waals surface area contributed by atoms with E-state index in [2.05, 4.69) is 20.6 Å². The Morgan fingerprint density at radius 3 is 2.56 bits per heavy atom. The molecule has 8 heteroatoms. The van der Waals surface area contributed by atoms with Crippen molar-refractivity contribution >= 4 is 34.3 Å². The number of nitrogens with zero attached hydrogens (tertiary/aromatic N) is 2. The number of aromatic nitrogens is 2. The molecule has 2 atom stereocenters. The molecule has 2 amide bonds. The second-order valence-corrected chi connectivity index (χ2v) is 8.26. The zero-order valence-corrected chi connectivity index (χ0v) is 18.0. The third-order valence-corrected chi connectivity index (χ3v) is 5.68. The molecular weight excluding hydrogens is 406 g/mol. The lowest BCUT2D eigenvalue weighted by molar-refractivity contribution is -0.122. The lowest BCUT2D eigenvalue weighted by Crippen LogP contribution is -2.40. The van der Waals surface area contributed by atoms with Crippen molar-refractivity contribution in [3.05, 3.63) is 65.5 Å². The van der Waals surface area contributed by atoms with Crippen LogP contribution in [0.3, 0.4) is 0 Å². The largest absolute Gasteiger partial charge is 0.368 e. The van der Waals surface area contributed by atoms with Gasteiger partial charge in [-0.25, -0.2) is 9.97 Å². The molecule has 1 unspecified atom stereocenters. The fourth-order valence-corrected chi connectivity index (χ4v) is 4.01. The average molecular weight is 431 g/mol. The molecule has 2 aromatic carbocycles. The standard InChI is InChI=1S/C24H25N5O3/c1-13(2)21(22(25)31)29-23-16-9-5-6-10-18(16)27-20(28-23)12-26-24(32)17-11-19(30)15-8-4-3-7-14(15)17/h3-10,13,17,21H,11-12H2,1-2H3,(H2,25,31)(H,26,32)(H,27,28,29)/t17?,21-/m0/s1. The van der Waals surface area contributed by atoms with E-state index < -0.39 is 17.9 Å². The summed E-state index contributed by atoms with van der Waals surface area (Å²) in [6, 6.07) is 14.0. The number of carbonyl (C=O) groups excluding carboxylic acids is 3. The summed E-state index contributed by atoms with van der Waals surface area (Å²) in [5.74, 6) is -0.418. The first-order valence-corrected chi connectivity index (χ1v) is 10.6. The van der Waals surface area contributed by atoms with E-state index >= 15 is 0 Å². The fourth-order valence-electron chi connectivity index (χ4n) is 4.01.